The number of nitrogens with zero attached hydrogens (tertiary/aromatic N) is 1. The zero-order chi connectivity index (χ0) is 19.6. The Morgan fingerprint density at radius 1 is 1.14 bits per heavy atom. The Balaban J connectivity index is 0.00000392. The van der Waals surface area contributed by atoms with Crippen molar-refractivity contribution in [3.05, 3.63) is 58.6 Å². The highest BCUT2D eigenvalue weighted by molar-refractivity contribution is 14.0. The first-order valence-electron chi connectivity index (χ1n) is 8.74. The third-order valence-electron chi connectivity index (χ3n) is 3.91. The molecule has 0 amide bonds. The van der Waals surface area contributed by atoms with Crippen molar-refractivity contribution in [3.63, 3.8) is 0 Å². The van der Waals surface area contributed by atoms with Gasteiger partial charge in [-0.2, -0.15) is 0 Å². The lowest BCUT2D eigenvalue weighted by atomic mass is 10.1. The van der Waals surface area contributed by atoms with Crippen molar-refractivity contribution in [2.24, 2.45) is 4.99 Å². The second-order valence-corrected chi connectivity index (χ2v) is 6.27. The van der Waals surface area contributed by atoms with Crippen LogP contribution in [-0.4, -0.2) is 38.4 Å². The van der Waals surface area contributed by atoms with E-state index in [1.54, 1.807) is 32.4 Å². The molecular weight excluding hydrogens is 493 g/mol. The highest BCUT2D eigenvalue weighted by Crippen LogP contribution is 2.29. The van der Waals surface area contributed by atoms with Crippen molar-refractivity contribution in [2.45, 2.75) is 19.6 Å². The van der Waals surface area contributed by atoms with E-state index in [0.717, 1.165) is 5.56 Å². The lowest BCUT2D eigenvalue weighted by Crippen LogP contribution is -2.39. The Kier molecular flexibility index (Phi) is 11.0. The molecule has 154 valence electrons. The number of hydrogen-bond donors (Lipinski definition) is 3. The van der Waals surface area contributed by atoms with Gasteiger partial charge in [-0.05, 0) is 42.8 Å². The number of hydrogen-bond acceptors (Lipinski definition) is 4. The molecular formula is C20H27ClIN3O3. The number of rotatable bonds is 8. The lowest BCUT2D eigenvalue weighted by Gasteiger charge is -2.18. The molecule has 1 unspecified atom stereocenters. The summed E-state index contributed by atoms with van der Waals surface area (Å²) < 4.78 is 10.6. The van der Waals surface area contributed by atoms with Crippen LogP contribution in [0, 0.1) is 0 Å². The SMILES string of the molecule is CCNC(=NCc1cccc(Cl)c1)NCC(O)c1cc(OC)ccc1OC.I. The number of nitrogens with one attached hydrogen (secondary N) is 2. The summed E-state index contributed by atoms with van der Waals surface area (Å²) in [5.41, 5.74) is 1.66. The van der Waals surface area contributed by atoms with Crippen molar-refractivity contribution in [1.82, 2.24) is 10.6 Å². The Morgan fingerprint density at radius 2 is 1.93 bits per heavy atom. The first kappa shape index (κ1) is 24.3. The van der Waals surface area contributed by atoms with Gasteiger partial charge in [0, 0.05) is 23.7 Å². The van der Waals surface area contributed by atoms with Gasteiger partial charge in [0.1, 0.15) is 11.5 Å². The molecule has 0 saturated heterocycles. The molecule has 0 bridgehead atoms. The van der Waals surface area contributed by atoms with E-state index in [1.165, 1.54) is 0 Å². The van der Waals surface area contributed by atoms with Gasteiger partial charge < -0.3 is 25.2 Å². The number of halogens is 2. The van der Waals surface area contributed by atoms with Crippen molar-refractivity contribution in [1.29, 1.82) is 0 Å². The van der Waals surface area contributed by atoms with Crippen molar-refractivity contribution >= 4 is 41.5 Å². The monoisotopic (exact) mass is 519 g/mol. The third-order valence-corrected chi connectivity index (χ3v) is 4.15. The van der Waals surface area contributed by atoms with E-state index in [0.29, 0.717) is 41.1 Å². The smallest absolute Gasteiger partial charge is 0.191 e. The Bertz CT molecular complexity index is 774. The van der Waals surface area contributed by atoms with E-state index in [2.05, 4.69) is 15.6 Å². The van der Waals surface area contributed by atoms with Gasteiger partial charge in [-0.3, -0.25) is 0 Å². The molecule has 2 aromatic rings. The maximum absolute atomic E-state index is 10.6. The molecule has 28 heavy (non-hydrogen) atoms. The summed E-state index contributed by atoms with van der Waals surface area (Å²) in [6, 6.07) is 12.9. The third kappa shape index (κ3) is 7.37. The van der Waals surface area contributed by atoms with E-state index in [1.807, 2.05) is 31.2 Å². The Hall–Kier alpha value is -1.71. The largest absolute Gasteiger partial charge is 0.497 e. The molecule has 8 heteroatoms. The first-order valence-corrected chi connectivity index (χ1v) is 9.11. The number of guanidine groups is 1. The number of aliphatic imine (C=N–C) groups is 1. The Morgan fingerprint density at radius 3 is 2.57 bits per heavy atom. The predicted octanol–water partition coefficient (Wildman–Crippen LogP) is 3.76. The van der Waals surface area contributed by atoms with Crippen molar-refractivity contribution in [2.75, 3.05) is 27.3 Å². The van der Waals surface area contributed by atoms with Crippen LogP contribution in [0.1, 0.15) is 24.2 Å². The van der Waals surface area contributed by atoms with E-state index >= 15 is 0 Å². The van der Waals surface area contributed by atoms with Crippen molar-refractivity contribution < 1.29 is 14.6 Å². The highest BCUT2D eigenvalue weighted by atomic mass is 127. The fourth-order valence-corrected chi connectivity index (χ4v) is 2.76. The van der Waals surface area contributed by atoms with Gasteiger partial charge >= 0.3 is 0 Å². The number of benzene rings is 2. The standard InChI is InChI=1S/C20H26ClN3O3.HI/c1-4-22-20(23-12-14-6-5-7-15(21)10-14)24-13-18(25)17-11-16(26-2)8-9-19(17)27-3;/h5-11,18,25H,4,12-13H2,1-3H3,(H2,22,23,24);1H. The van der Waals surface area contributed by atoms with Crippen LogP contribution in [0.4, 0.5) is 0 Å². The van der Waals surface area contributed by atoms with Gasteiger partial charge in [-0.15, -0.1) is 24.0 Å². The summed E-state index contributed by atoms with van der Waals surface area (Å²) >= 11 is 6.01. The maximum atomic E-state index is 10.6. The maximum Gasteiger partial charge on any atom is 0.191 e. The highest BCUT2D eigenvalue weighted by Gasteiger charge is 2.15. The molecule has 1 atom stereocenters. The second kappa shape index (κ2) is 12.7. The van der Waals surface area contributed by atoms with Crippen LogP contribution < -0.4 is 20.1 Å². The molecule has 0 saturated carbocycles. The lowest BCUT2D eigenvalue weighted by molar-refractivity contribution is 0.176. The van der Waals surface area contributed by atoms with Crippen LogP contribution >= 0.6 is 35.6 Å². The van der Waals surface area contributed by atoms with Crippen LogP contribution in [0.15, 0.2) is 47.5 Å². The fourth-order valence-electron chi connectivity index (χ4n) is 2.55. The molecule has 0 heterocycles. The zero-order valence-corrected chi connectivity index (χ0v) is 19.3. The molecule has 0 aliphatic rings. The summed E-state index contributed by atoms with van der Waals surface area (Å²) in [5.74, 6) is 1.87. The van der Waals surface area contributed by atoms with E-state index in [-0.39, 0.29) is 30.5 Å². The zero-order valence-electron chi connectivity index (χ0n) is 16.2. The first-order chi connectivity index (χ1) is 13.1. The molecule has 2 aromatic carbocycles. The predicted molar refractivity (Wildman–Crippen MR) is 124 cm³/mol. The molecule has 0 fully saturated rings. The van der Waals surface area contributed by atoms with Crippen LogP contribution in [0.25, 0.3) is 0 Å². The number of aliphatic hydroxyl groups excluding tert-OH is 1. The molecule has 0 aromatic heterocycles. The fraction of sp³-hybridized carbons (Fsp3) is 0.350. The van der Waals surface area contributed by atoms with E-state index < -0.39 is 6.10 Å². The normalized spacial score (nSPS) is 12.0. The minimum absolute atomic E-state index is 0. The average molecular weight is 520 g/mol. The molecule has 2 rings (SSSR count). The van der Waals surface area contributed by atoms with E-state index in [9.17, 15) is 5.11 Å². The molecule has 3 N–H and O–H groups in total. The molecule has 0 radical (unpaired) electrons. The average Bonchev–Trinajstić information content (AvgIpc) is 2.69. The van der Waals surface area contributed by atoms with Gasteiger partial charge in [0.25, 0.3) is 0 Å². The quantitative estimate of drug-likeness (QED) is 0.281. The number of aliphatic hydroxyl groups is 1. The van der Waals surface area contributed by atoms with Gasteiger partial charge in [-0.25, -0.2) is 4.99 Å². The number of ether oxygens (including phenoxy) is 2. The van der Waals surface area contributed by atoms with Crippen LogP contribution in [0.5, 0.6) is 11.5 Å². The van der Waals surface area contributed by atoms with Crippen LogP contribution in [0.3, 0.4) is 0 Å². The van der Waals surface area contributed by atoms with Crippen LogP contribution in [0.2, 0.25) is 5.02 Å². The summed E-state index contributed by atoms with van der Waals surface area (Å²) in [6.45, 7) is 3.44. The Labute approximate surface area is 188 Å². The topological polar surface area (TPSA) is 75.1 Å². The number of methoxy groups -OCH3 is 2. The summed E-state index contributed by atoms with van der Waals surface area (Å²) in [6.07, 6.45) is -0.787. The van der Waals surface area contributed by atoms with Gasteiger partial charge in [0.2, 0.25) is 0 Å². The van der Waals surface area contributed by atoms with Gasteiger partial charge in [0.15, 0.2) is 5.96 Å². The minimum atomic E-state index is -0.787. The molecule has 6 nitrogen and oxygen atoms in total. The molecule has 0 aliphatic carbocycles. The van der Waals surface area contributed by atoms with Gasteiger partial charge in [0.05, 0.1) is 26.9 Å². The second-order valence-electron chi connectivity index (χ2n) is 5.83. The molecule has 0 aliphatic heterocycles. The van der Waals surface area contributed by atoms with Crippen molar-refractivity contribution in [3.8, 4) is 11.5 Å². The minimum Gasteiger partial charge on any atom is -0.497 e. The van der Waals surface area contributed by atoms with Crippen LogP contribution in [-0.2, 0) is 6.54 Å². The van der Waals surface area contributed by atoms with Gasteiger partial charge in [-0.1, -0.05) is 23.7 Å². The summed E-state index contributed by atoms with van der Waals surface area (Å²) in [5, 5.41) is 17.6. The molecule has 0 spiro atoms. The summed E-state index contributed by atoms with van der Waals surface area (Å²) in [4.78, 5) is 4.54. The summed E-state index contributed by atoms with van der Waals surface area (Å²) in [7, 11) is 3.16. The van der Waals surface area contributed by atoms with E-state index in [4.69, 9.17) is 21.1 Å².